The minimum absolute atomic E-state index is 0.00836. The number of likely N-dealkylation sites (tertiary alicyclic amines) is 1. The molecule has 1 N–H and O–H groups in total. The fraction of sp³-hybridized carbons (Fsp3) is 0.333. The predicted octanol–water partition coefficient (Wildman–Crippen LogP) is 4.71. The Morgan fingerprint density at radius 3 is 2.51 bits per heavy atom. The molecule has 0 saturated carbocycles. The van der Waals surface area contributed by atoms with Crippen LogP contribution in [0.5, 0.6) is 11.5 Å². The molecular formula is C27H30N4O3S. The third kappa shape index (κ3) is 4.90. The lowest BCUT2D eigenvalue weighted by molar-refractivity contribution is 0.0913. The molecule has 2 aromatic heterocycles. The summed E-state index contributed by atoms with van der Waals surface area (Å²) in [5.74, 6) is 1.31. The van der Waals surface area contributed by atoms with E-state index in [1.807, 2.05) is 42.1 Å². The highest BCUT2D eigenvalue weighted by molar-refractivity contribution is 7.20. The van der Waals surface area contributed by atoms with Crippen LogP contribution in [0.3, 0.4) is 0 Å². The highest BCUT2D eigenvalue weighted by Crippen LogP contribution is 2.37. The summed E-state index contributed by atoms with van der Waals surface area (Å²) < 4.78 is 12.7. The van der Waals surface area contributed by atoms with Crippen molar-refractivity contribution in [2.75, 3.05) is 27.3 Å². The number of nitrogens with zero attached hydrogens (tertiary/aromatic N) is 3. The Morgan fingerprint density at radius 2 is 1.80 bits per heavy atom. The lowest BCUT2D eigenvalue weighted by Crippen LogP contribution is -2.44. The summed E-state index contributed by atoms with van der Waals surface area (Å²) in [5, 5.41) is 8.93. The van der Waals surface area contributed by atoms with E-state index in [4.69, 9.17) is 14.6 Å². The number of hydrogen-bond acceptors (Lipinski definition) is 6. The molecule has 4 aromatic rings. The van der Waals surface area contributed by atoms with Crippen LogP contribution in [0.4, 0.5) is 0 Å². The number of carbonyl (C=O) groups excluding carboxylic acids is 1. The number of aryl methyl sites for hydroxylation is 1. The maximum absolute atomic E-state index is 13.1. The second-order valence-electron chi connectivity index (χ2n) is 8.88. The van der Waals surface area contributed by atoms with Crippen LogP contribution in [0.1, 0.15) is 28.1 Å². The van der Waals surface area contributed by atoms with Gasteiger partial charge in [0.25, 0.3) is 5.91 Å². The predicted molar refractivity (Wildman–Crippen MR) is 139 cm³/mol. The highest BCUT2D eigenvalue weighted by atomic mass is 32.1. The Bertz CT molecular complexity index is 1320. The van der Waals surface area contributed by atoms with Gasteiger partial charge in [0.1, 0.15) is 10.5 Å². The first-order valence-corrected chi connectivity index (χ1v) is 12.6. The van der Waals surface area contributed by atoms with Crippen molar-refractivity contribution in [2.24, 2.45) is 7.05 Å². The Kier molecular flexibility index (Phi) is 6.74. The van der Waals surface area contributed by atoms with E-state index >= 15 is 0 Å². The van der Waals surface area contributed by atoms with Gasteiger partial charge in [0.05, 0.1) is 19.1 Å². The van der Waals surface area contributed by atoms with Crippen LogP contribution in [0.2, 0.25) is 0 Å². The number of fused-ring (bicyclic) bond motifs is 1. The van der Waals surface area contributed by atoms with Gasteiger partial charge in [-0.25, -0.2) is 0 Å². The summed E-state index contributed by atoms with van der Waals surface area (Å²) in [6.45, 7) is 2.93. The summed E-state index contributed by atoms with van der Waals surface area (Å²) in [6.07, 6.45) is 1.92. The Balaban J connectivity index is 1.27. The van der Waals surface area contributed by atoms with E-state index < -0.39 is 0 Å². The van der Waals surface area contributed by atoms with Crippen molar-refractivity contribution in [1.82, 2.24) is 20.0 Å². The van der Waals surface area contributed by atoms with Crippen molar-refractivity contribution in [3.63, 3.8) is 0 Å². The van der Waals surface area contributed by atoms with Crippen molar-refractivity contribution in [1.29, 1.82) is 0 Å². The topological polar surface area (TPSA) is 68.6 Å². The average Bonchev–Trinajstić information content (AvgIpc) is 3.46. The van der Waals surface area contributed by atoms with Gasteiger partial charge in [-0.05, 0) is 42.7 Å². The molecule has 182 valence electrons. The molecule has 0 aliphatic carbocycles. The number of carbonyl (C=O) groups is 1. The van der Waals surface area contributed by atoms with E-state index in [0.29, 0.717) is 16.4 Å². The minimum atomic E-state index is -0.00836. The zero-order valence-electron chi connectivity index (χ0n) is 20.3. The molecule has 35 heavy (non-hydrogen) atoms. The summed E-state index contributed by atoms with van der Waals surface area (Å²) in [7, 11) is 5.15. The number of methoxy groups -OCH3 is 2. The van der Waals surface area contributed by atoms with Gasteiger partial charge < -0.3 is 14.8 Å². The van der Waals surface area contributed by atoms with Crippen LogP contribution in [0, 0.1) is 0 Å². The smallest absolute Gasteiger partial charge is 0.261 e. The summed E-state index contributed by atoms with van der Waals surface area (Å²) in [4.78, 5) is 17.3. The van der Waals surface area contributed by atoms with Crippen molar-refractivity contribution >= 4 is 27.5 Å². The lowest BCUT2D eigenvalue weighted by atomic mass is 10.0. The highest BCUT2D eigenvalue weighted by Gasteiger charge is 2.24. The number of rotatable bonds is 7. The maximum Gasteiger partial charge on any atom is 0.261 e. The number of benzene rings is 2. The molecule has 3 heterocycles. The number of hydrogen-bond donors (Lipinski definition) is 1. The Labute approximate surface area is 209 Å². The lowest BCUT2D eigenvalue weighted by Gasteiger charge is -2.32. The van der Waals surface area contributed by atoms with Crippen LogP contribution in [0.25, 0.3) is 21.5 Å². The van der Waals surface area contributed by atoms with E-state index in [1.54, 1.807) is 14.2 Å². The minimum Gasteiger partial charge on any atom is -0.493 e. The molecule has 1 fully saturated rings. The van der Waals surface area contributed by atoms with Gasteiger partial charge >= 0.3 is 0 Å². The third-order valence-electron chi connectivity index (χ3n) is 6.56. The molecule has 7 nitrogen and oxygen atoms in total. The normalized spacial score (nSPS) is 14.8. The van der Waals surface area contributed by atoms with E-state index in [9.17, 15) is 4.79 Å². The number of piperidine rings is 1. The largest absolute Gasteiger partial charge is 0.493 e. The van der Waals surface area contributed by atoms with Crippen LogP contribution >= 0.6 is 11.3 Å². The average molecular weight is 491 g/mol. The number of ether oxygens (including phenoxy) is 2. The second-order valence-corrected chi connectivity index (χ2v) is 9.91. The van der Waals surface area contributed by atoms with Gasteiger partial charge in [-0.3, -0.25) is 14.4 Å². The van der Waals surface area contributed by atoms with E-state index in [2.05, 4.69) is 34.5 Å². The number of nitrogens with one attached hydrogen (secondary N) is 1. The van der Waals surface area contributed by atoms with Gasteiger partial charge in [-0.2, -0.15) is 5.10 Å². The summed E-state index contributed by atoms with van der Waals surface area (Å²) in [6, 6.07) is 18.5. The van der Waals surface area contributed by atoms with E-state index in [0.717, 1.165) is 53.9 Å². The van der Waals surface area contributed by atoms with Gasteiger partial charge in [-0.15, -0.1) is 11.3 Å². The summed E-state index contributed by atoms with van der Waals surface area (Å²) >= 11 is 1.48. The molecule has 1 amide bonds. The molecule has 8 heteroatoms. The molecule has 0 bridgehead atoms. The molecule has 2 aromatic carbocycles. The van der Waals surface area contributed by atoms with Crippen LogP contribution in [-0.2, 0) is 13.6 Å². The van der Waals surface area contributed by atoms with Crippen molar-refractivity contribution in [2.45, 2.75) is 25.4 Å². The molecule has 0 atom stereocenters. The maximum atomic E-state index is 13.1. The van der Waals surface area contributed by atoms with Gasteiger partial charge in [0.15, 0.2) is 11.5 Å². The third-order valence-corrected chi connectivity index (χ3v) is 7.76. The van der Waals surface area contributed by atoms with Crippen molar-refractivity contribution < 1.29 is 14.3 Å². The first kappa shape index (κ1) is 23.4. The van der Waals surface area contributed by atoms with Crippen LogP contribution in [-0.4, -0.2) is 53.9 Å². The molecule has 1 aliphatic heterocycles. The molecule has 5 rings (SSSR count). The molecular weight excluding hydrogens is 460 g/mol. The van der Waals surface area contributed by atoms with Gasteiger partial charge in [0, 0.05) is 43.7 Å². The number of aromatic nitrogens is 2. The fourth-order valence-corrected chi connectivity index (χ4v) is 5.66. The first-order chi connectivity index (χ1) is 17.1. The molecule has 1 saturated heterocycles. The standard InChI is InChI=1S/C27H30N4O3S/c1-30-27-21(25(29-30)19-9-10-22(33-2)23(15-19)34-3)16-24(35-27)26(32)28-20-11-13-31(14-12-20)17-18-7-5-4-6-8-18/h4-10,15-16,20H,11-14,17H2,1-3H3,(H,28,32). The SMILES string of the molecule is COc1ccc(-c2nn(C)c3sc(C(=O)NC4CCN(Cc5ccccc5)CC4)cc23)cc1OC. The first-order valence-electron chi connectivity index (χ1n) is 11.8. The fourth-order valence-electron chi connectivity index (χ4n) is 4.68. The zero-order valence-corrected chi connectivity index (χ0v) is 21.1. The molecule has 0 spiro atoms. The van der Waals surface area contributed by atoms with Gasteiger partial charge in [-0.1, -0.05) is 30.3 Å². The number of thiophene rings is 1. The zero-order chi connectivity index (χ0) is 24.4. The monoisotopic (exact) mass is 490 g/mol. The second kappa shape index (κ2) is 10.1. The van der Waals surface area contributed by atoms with Crippen LogP contribution in [0.15, 0.2) is 54.6 Å². The van der Waals surface area contributed by atoms with E-state index in [-0.39, 0.29) is 11.9 Å². The van der Waals surface area contributed by atoms with E-state index in [1.165, 1.54) is 16.9 Å². The van der Waals surface area contributed by atoms with Crippen LogP contribution < -0.4 is 14.8 Å². The van der Waals surface area contributed by atoms with Crippen molar-refractivity contribution in [3.8, 4) is 22.8 Å². The Hall–Kier alpha value is -3.36. The molecule has 1 aliphatic rings. The summed E-state index contributed by atoms with van der Waals surface area (Å²) in [5.41, 5.74) is 3.08. The Morgan fingerprint density at radius 1 is 1.06 bits per heavy atom. The van der Waals surface area contributed by atoms with Gasteiger partial charge in [0.2, 0.25) is 0 Å². The quantitative estimate of drug-likeness (QED) is 0.406. The number of amides is 1. The molecule has 0 unspecified atom stereocenters. The van der Waals surface area contributed by atoms with Crippen molar-refractivity contribution in [3.05, 3.63) is 65.0 Å². The molecule has 0 radical (unpaired) electrons.